The third kappa shape index (κ3) is 6.24. The van der Waals surface area contributed by atoms with Gasteiger partial charge in [-0.05, 0) is 62.8 Å². The maximum atomic E-state index is 15.3. The number of pyridine rings is 1. The quantitative estimate of drug-likeness (QED) is 0.364. The first-order valence-electron chi connectivity index (χ1n) is 11.4. The predicted octanol–water partition coefficient (Wildman–Crippen LogP) is 5.16. The number of carbonyl (C=O) groups is 2. The highest BCUT2D eigenvalue weighted by Gasteiger charge is 2.31. The number of anilines is 1. The summed E-state index contributed by atoms with van der Waals surface area (Å²) >= 11 is 6.20. The van der Waals surface area contributed by atoms with Gasteiger partial charge in [-0.15, -0.1) is 12.8 Å². The zero-order valence-electron chi connectivity index (χ0n) is 20.1. The van der Waals surface area contributed by atoms with Gasteiger partial charge in [0.25, 0.3) is 5.91 Å². The van der Waals surface area contributed by atoms with Crippen LogP contribution in [0, 0.1) is 37.4 Å². The van der Waals surface area contributed by atoms with Crippen LogP contribution in [0.3, 0.4) is 0 Å². The molecule has 8 heteroatoms. The minimum absolute atomic E-state index is 0.00260. The van der Waals surface area contributed by atoms with E-state index in [0.29, 0.717) is 24.8 Å². The van der Waals surface area contributed by atoms with Crippen molar-refractivity contribution in [3.05, 3.63) is 63.7 Å². The van der Waals surface area contributed by atoms with Crippen LogP contribution in [-0.4, -0.2) is 29.6 Å². The van der Waals surface area contributed by atoms with E-state index in [0.717, 1.165) is 18.1 Å². The molecule has 0 radical (unpaired) electrons. The smallest absolute Gasteiger partial charge is 0.335 e. The molecule has 1 aliphatic rings. The first kappa shape index (κ1) is 26.8. The van der Waals surface area contributed by atoms with E-state index in [1.54, 1.807) is 25.4 Å². The lowest BCUT2D eigenvalue weighted by Gasteiger charge is -2.28. The highest BCUT2D eigenvalue weighted by molar-refractivity contribution is 6.32. The number of ether oxygens (including phenoxy) is 2. The van der Waals surface area contributed by atoms with Gasteiger partial charge in [0.15, 0.2) is 12.7 Å². The van der Waals surface area contributed by atoms with Crippen LogP contribution in [0.2, 0.25) is 5.02 Å². The van der Waals surface area contributed by atoms with Crippen LogP contribution in [0.4, 0.5) is 10.1 Å². The first-order chi connectivity index (χ1) is 17.3. The van der Waals surface area contributed by atoms with Crippen molar-refractivity contribution in [1.82, 2.24) is 4.98 Å². The Morgan fingerprint density at radius 3 is 2.64 bits per heavy atom. The van der Waals surface area contributed by atoms with Gasteiger partial charge in [-0.25, -0.2) is 9.18 Å². The van der Waals surface area contributed by atoms with Gasteiger partial charge in [0.2, 0.25) is 0 Å². The summed E-state index contributed by atoms with van der Waals surface area (Å²) in [6.45, 7) is 3.30. The molecule has 1 unspecified atom stereocenters. The summed E-state index contributed by atoms with van der Waals surface area (Å²) in [7, 11) is 0. The zero-order valence-corrected chi connectivity index (χ0v) is 20.9. The standard InChI is InChI=1S/C28H26ClFN2O4/c1-5-13-35-28(34)22-10-8-7-9-21(22)27(33)32(17-20-16-31-12-11-18(20)3)25-15-26(36-19(4)6-2)23(29)14-24(25)30/h1-2,11-12,14-16,19H,7-10,13,17H2,3-4H3. The summed E-state index contributed by atoms with van der Waals surface area (Å²) < 4.78 is 26.1. The van der Waals surface area contributed by atoms with Gasteiger partial charge in [0, 0.05) is 29.6 Å². The summed E-state index contributed by atoms with van der Waals surface area (Å²) in [5.41, 5.74) is 2.01. The zero-order chi connectivity index (χ0) is 26.2. The third-order valence-electron chi connectivity index (χ3n) is 5.81. The topological polar surface area (TPSA) is 68.7 Å². The molecule has 1 aliphatic carbocycles. The van der Waals surface area contributed by atoms with E-state index in [1.807, 2.05) is 6.92 Å². The van der Waals surface area contributed by atoms with Crippen molar-refractivity contribution in [2.24, 2.45) is 0 Å². The first-order valence-corrected chi connectivity index (χ1v) is 11.8. The number of hydrogen-bond acceptors (Lipinski definition) is 5. The molecule has 0 fully saturated rings. The Balaban J connectivity index is 2.13. The molecule has 0 spiro atoms. The lowest BCUT2D eigenvalue weighted by Crippen LogP contribution is -2.35. The Labute approximate surface area is 215 Å². The number of halogens is 2. The van der Waals surface area contributed by atoms with Crippen molar-refractivity contribution in [3.63, 3.8) is 0 Å². The van der Waals surface area contributed by atoms with Crippen molar-refractivity contribution >= 4 is 29.2 Å². The van der Waals surface area contributed by atoms with Crippen LogP contribution in [-0.2, 0) is 20.9 Å². The number of terminal acetylenes is 2. The van der Waals surface area contributed by atoms with Gasteiger partial charge in [-0.3, -0.25) is 9.78 Å². The molecule has 0 aliphatic heterocycles. The minimum atomic E-state index is -0.733. The summed E-state index contributed by atoms with van der Waals surface area (Å²) in [5, 5.41) is 0.0127. The molecule has 2 aromatic rings. The highest BCUT2D eigenvalue weighted by atomic mass is 35.5. The van der Waals surface area contributed by atoms with Crippen molar-refractivity contribution in [2.45, 2.75) is 52.2 Å². The van der Waals surface area contributed by atoms with Crippen LogP contribution in [0.1, 0.15) is 43.7 Å². The van der Waals surface area contributed by atoms with Crippen LogP contribution in [0.5, 0.6) is 5.75 Å². The molecule has 36 heavy (non-hydrogen) atoms. The van der Waals surface area contributed by atoms with Gasteiger partial charge in [-0.2, -0.15) is 0 Å². The largest absolute Gasteiger partial charge is 0.476 e. The maximum Gasteiger partial charge on any atom is 0.335 e. The summed E-state index contributed by atoms with van der Waals surface area (Å²) in [6.07, 6.45) is 15.4. The van der Waals surface area contributed by atoms with Crippen LogP contribution < -0.4 is 9.64 Å². The number of amides is 1. The van der Waals surface area contributed by atoms with Gasteiger partial charge in [0.1, 0.15) is 11.6 Å². The summed E-state index contributed by atoms with van der Waals surface area (Å²) in [5.74, 6) is 2.91. The Bertz CT molecular complexity index is 1280. The number of nitrogens with zero attached hydrogens (tertiary/aromatic N) is 2. The van der Waals surface area contributed by atoms with E-state index >= 15 is 4.39 Å². The van der Waals surface area contributed by atoms with E-state index in [-0.39, 0.29) is 40.8 Å². The van der Waals surface area contributed by atoms with Gasteiger partial charge >= 0.3 is 5.97 Å². The van der Waals surface area contributed by atoms with E-state index in [4.69, 9.17) is 33.9 Å². The third-order valence-corrected chi connectivity index (χ3v) is 6.11. The Hall–Kier alpha value is -3.81. The van der Waals surface area contributed by atoms with Crippen molar-refractivity contribution in [3.8, 4) is 30.4 Å². The predicted molar refractivity (Wildman–Crippen MR) is 136 cm³/mol. The van der Waals surface area contributed by atoms with E-state index in [9.17, 15) is 9.59 Å². The molecule has 3 rings (SSSR count). The molecule has 1 atom stereocenters. The molecule has 1 aromatic heterocycles. The second-order valence-electron chi connectivity index (χ2n) is 8.30. The Morgan fingerprint density at radius 1 is 1.25 bits per heavy atom. The maximum absolute atomic E-state index is 15.3. The number of benzene rings is 1. The summed E-state index contributed by atoms with van der Waals surface area (Å²) in [6, 6.07) is 4.21. The molecule has 186 valence electrons. The number of esters is 1. The van der Waals surface area contributed by atoms with Gasteiger partial charge < -0.3 is 14.4 Å². The molecule has 0 saturated heterocycles. The molecule has 1 heterocycles. The number of aromatic nitrogens is 1. The van der Waals surface area contributed by atoms with Crippen LogP contribution >= 0.6 is 11.6 Å². The molecule has 6 nitrogen and oxygen atoms in total. The lowest BCUT2D eigenvalue weighted by atomic mass is 9.90. The lowest BCUT2D eigenvalue weighted by molar-refractivity contribution is -0.138. The second kappa shape index (κ2) is 12.2. The fraction of sp³-hybridized carbons (Fsp3) is 0.321. The molecule has 0 bridgehead atoms. The number of aryl methyl sites for hydroxylation is 1. The molecule has 1 amide bonds. The van der Waals surface area contributed by atoms with Crippen LogP contribution in [0.25, 0.3) is 0 Å². The number of rotatable bonds is 8. The highest BCUT2D eigenvalue weighted by Crippen LogP contribution is 2.36. The Morgan fingerprint density at radius 2 is 1.97 bits per heavy atom. The van der Waals surface area contributed by atoms with Gasteiger partial charge in [0.05, 0.1) is 17.3 Å². The minimum Gasteiger partial charge on any atom is -0.476 e. The van der Waals surface area contributed by atoms with Gasteiger partial charge in [-0.1, -0.05) is 23.4 Å². The van der Waals surface area contributed by atoms with E-state index < -0.39 is 23.8 Å². The second-order valence-corrected chi connectivity index (χ2v) is 8.71. The van der Waals surface area contributed by atoms with E-state index in [1.165, 1.54) is 11.0 Å². The monoisotopic (exact) mass is 508 g/mol. The van der Waals surface area contributed by atoms with Crippen LogP contribution in [0.15, 0.2) is 41.7 Å². The van der Waals surface area contributed by atoms with Crippen molar-refractivity contribution < 1.29 is 23.5 Å². The number of carbonyl (C=O) groups excluding carboxylic acids is 2. The SMILES string of the molecule is C#CCOC(=O)C1=C(C(=O)N(Cc2cnccc2C)c2cc(OC(C)C#C)c(Cl)cc2F)CCCC1. The molecule has 1 aromatic carbocycles. The average Bonchev–Trinajstić information content (AvgIpc) is 2.88. The van der Waals surface area contributed by atoms with E-state index in [2.05, 4.69) is 16.8 Å². The normalized spacial score (nSPS) is 13.8. The molecular weight excluding hydrogens is 483 g/mol. The average molecular weight is 509 g/mol. The van der Waals surface area contributed by atoms with Crippen molar-refractivity contribution in [1.29, 1.82) is 0 Å². The fourth-order valence-corrected chi connectivity index (χ4v) is 4.06. The Kier molecular flexibility index (Phi) is 9.11. The fourth-order valence-electron chi connectivity index (χ4n) is 3.86. The summed E-state index contributed by atoms with van der Waals surface area (Å²) in [4.78, 5) is 32.0. The number of hydrogen-bond donors (Lipinski definition) is 0. The molecule has 0 saturated carbocycles. The molecular formula is C28H26ClFN2O4. The van der Waals surface area contributed by atoms with Crippen molar-refractivity contribution in [2.75, 3.05) is 11.5 Å². The molecule has 0 N–H and O–H groups in total.